The van der Waals surface area contributed by atoms with Gasteiger partial charge in [-0.25, -0.2) is 0 Å². The molecule has 0 saturated heterocycles. The van der Waals surface area contributed by atoms with Crippen LogP contribution >= 0.6 is 12.6 Å². The van der Waals surface area contributed by atoms with E-state index >= 15 is 0 Å². The van der Waals surface area contributed by atoms with Crippen LogP contribution in [0.25, 0.3) is 0 Å². The van der Waals surface area contributed by atoms with Gasteiger partial charge in [-0.1, -0.05) is 13.8 Å². The molecule has 0 heterocycles. The zero-order valence-corrected chi connectivity index (χ0v) is 8.81. The van der Waals surface area contributed by atoms with Crippen molar-refractivity contribution in [2.75, 3.05) is 0 Å². The minimum Gasteiger partial charge on any atom is -0.549 e. The average Bonchev–Trinajstić information content (AvgIpc) is 1.64. The van der Waals surface area contributed by atoms with Gasteiger partial charge >= 0.3 is 29.6 Å². The van der Waals surface area contributed by atoms with Crippen LogP contribution in [0.15, 0.2) is 0 Å². The monoisotopic (exact) mass is 156 g/mol. The molecular formula is C5H9NaO2S. The smallest absolute Gasteiger partial charge is 0.549 e. The van der Waals surface area contributed by atoms with Gasteiger partial charge in [-0.2, -0.15) is 12.6 Å². The van der Waals surface area contributed by atoms with E-state index in [1.165, 1.54) is 0 Å². The molecule has 0 saturated carbocycles. The topological polar surface area (TPSA) is 40.1 Å². The third-order valence-electron chi connectivity index (χ3n) is 0.873. The summed E-state index contributed by atoms with van der Waals surface area (Å²) in [6, 6.07) is 0. The van der Waals surface area contributed by atoms with E-state index in [4.69, 9.17) is 0 Å². The van der Waals surface area contributed by atoms with Gasteiger partial charge in [0.2, 0.25) is 0 Å². The number of hydrogen-bond acceptors (Lipinski definition) is 3. The van der Waals surface area contributed by atoms with Crippen molar-refractivity contribution in [3.63, 3.8) is 0 Å². The van der Waals surface area contributed by atoms with E-state index in [0.29, 0.717) is 0 Å². The van der Waals surface area contributed by atoms with E-state index in [9.17, 15) is 9.90 Å². The van der Waals surface area contributed by atoms with Crippen LogP contribution in [0.2, 0.25) is 0 Å². The Labute approximate surface area is 82.7 Å². The van der Waals surface area contributed by atoms with Gasteiger partial charge in [0.25, 0.3) is 0 Å². The summed E-state index contributed by atoms with van der Waals surface area (Å²) in [5, 5.41) is 9.32. The molecule has 0 rings (SSSR count). The van der Waals surface area contributed by atoms with Gasteiger partial charge in [-0.3, -0.25) is 0 Å². The number of carbonyl (C=O) groups excluding carboxylic acids is 1. The number of rotatable bonds is 2. The molecule has 0 aliphatic carbocycles. The van der Waals surface area contributed by atoms with E-state index < -0.39 is 11.2 Å². The van der Waals surface area contributed by atoms with Crippen molar-refractivity contribution in [3.05, 3.63) is 0 Å². The second-order valence-corrected chi connectivity index (χ2v) is 2.56. The summed E-state index contributed by atoms with van der Waals surface area (Å²) in [6.07, 6.45) is 0. The Kier molecular flexibility index (Phi) is 7.76. The van der Waals surface area contributed by atoms with E-state index in [-0.39, 0.29) is 35.5 Å². The van der Waals surface area contributed by atoms with E-state index in [0.717, 1.165) is 0 Å². The maximum absolute atomic E-state index is 9.95. The Hall–Kier alpha value is 0.820. The first kappa shape index (κ1) is 12.5. The third-order valence-corrected chi connectivity index (χ3v) is 1.68. The number of carboxylic acids is 1. The molecule has 0 bridgehead atoms. The molecule has 0 spiro atoms. The number of thiol groups is 1. The first-order valence-electron chi connectivity index (χ1n) is 2.44. The summed E-state index contributed by atoms with van der Waals surface area (Å²) in [7, 11) is 0. The molecule has 0 N–H and O–H groups in total. The largest absolute Gasteiger partial charge is 1.00 e. The first-order valence-corrected chi connectivity index (χ1v) is 2.96. The molecule has 0 amide bonds. The number of carbonyl (C=O) groups is 1. The third kappa shape index (κ3) is 5.27. The number of aliphatic carboxylic acids is 1. The van der Waals surface area contributed by atoms with Crippen LogP contribution in [0.5, 0.6) is 0 Å². The van der Waals surface area contributed by atoms with Crippen molar-refractivity contribution in [2.45, 2.75) is 19.1 Å². The Morgan fingerprint density at radius 2 is 1.89 bits per heavy atom. The summed E-state index contributed by atoms with van der Waals surface area (Å²) >= 11 is 3.76. The zero-order valence-electron chi connectivity index (χ0n) is 5.92. The molecule has 0 aliphatic heterocycles. The summed E-state index contributed by atoms with van der Waals surface area (Å²) in [5.41, 5.74) is 0. The van der Waals surface area contributed by atoms with Gasteiger partial charge < -0.3 is 9.90 Å². The normalized spacial score (nSPS) is 12.4. The van der Waals surface area contributed by atoms with Crippen LogP contribution in [0.1, 0.15) is 13.8 Å². The zero-order chi connectivity index (χ0) is 6.73. The molecular weight excluding hydrogens is 147 g/mol. The van der Waals surface area contributed by atoms with Crippen LogP contribution < -0.4 is 34.7 Å². The van der Waals surface area contributed by atoms with Crippen LogP contribution in [0.3, 0.4) is 0 Å². The molecule has 0 fully saturated rings. The predicted molar refractivity (Wildman–Crippen MR) is 32.6 cm³/mol. The maximum Gasteiger partial charge on any atom is 1.00 e. The number of hydrogen-bond donors (Lipinski definition) is 1. The second-order valence-electron chi connectivity index (χ2n) is 2.01. The summed E-state index contributed by atoms with van der Waals surface area (Å²) in [4.78, 5) is 9.95. The first-order chi connectivity index (χ1) is 3.55. The van der Waals surface area contributed by atoms with E-state index in [1.54, 1.807) is 13.8 Å². The van der Waals surface area contributed by atoms with Crippen LogP contribution in [0.4, 0.5) is 0 Å². The number of carboxylic acid groups (broad SMARTS) is 1. The molecule has 0 aromatic heterocycles. The average molecular weight is 156 g/mol. The standard InChI is InChI=1S/C5H10O2S.Na/c1-3(2)4(8)5(6)7;/h3-4,8H,1-2H3,(H,6,7);/q;+1/p-1/t4-;/m1./s1. The molecule has 0 aromatic rings. The molecule has 0 unspecified atom stereocenters. The van der Waals surface area contributed by atoms with E-state index in [2.05, 4.69) is 12.6 Å². The molecule has 0 aliphatic rings. The van der Waals surface area contributed by atoms with Crippen molar-refractivity contribution in [1.82, 2.24) is 0 Å². The Morgan fingerprint density at radius 1 is 1.56 bits per heavy atom. The summed E-state index contributed by atoms with van der Waals surface area (Å²) < 4.78 is 0. The van der Waals surface area contributed by atoms with Gasteiger partial charge in [-0.05, 0) is 5.92 Å². The van der Waals surface area contributed by atoms with Crippen LogP contribution in [0, 0.1) is 5.92 Å². The molecule has 0 aromatic carbocycles. The summed E-state index contributed by atoms with van der Waals surface area (Å²) in [6.45, 7) is 3.57. The second kappa shape index (κ2) is 5.59. The maximum atomic E-state index is 9.95. The van der Waals surface area contributed by atoms with Crippen molar-refractivity contribution in [2.24, 2.45) is 5.92 Å². The van der Waals surface area contributed by atoms with Gasteiger partial charge in [0.1, 0.15) is 0 Å². The molecule has 0 radical (unpaired) electrons. The Bertz CT molecular complexity index is 95.0. The van der Waals surface area contributed by atoms with Crippen molar-refractivity contribution in [1.29, 1.82) is 0 Å². The van der Waals surface area contributed by atoms with Gasteiger partial charge in [0.15, 0.2) is 0 Å². The summed E-state index contributed by atoms with van der Waals surface area (Å²) in [5.74, 6) is -1.05. The molecule has 4 heteroatoms. The fourth-order valence-electron chi connectivity index (χ4n) is 0.272. The van der Waals surface area contributed by atoms with Crippen molar-refractivity contribution in [3.8, 4) is 0 Å². The molecule has 2 nitrogen and oxygen atoms in total. The molecule has 48 valence electrons. The van der Waals surface area contributed by atoms with Crippen LogP contribution in [-0.2, 0) is 4.79 Å². The fraction of sp³-hybridized carbons (Fsp3) is 0.800. The minimum absolute atomic E-state index is 0. The van der Waals surface area contributed by atoms with E-state index in [1.807, 2.05) is 0 Å². The van der Waals surface area contributed by atoms with Crippen molar-refractivity contribution < 1.29 is 39.5 Å². The Morgan fingerprint density at radius 3 is 1.89 bits per heavy atom. The molecule has 9 heavy (non-hydrogen) atoms. The fourth-order valence-corrected chi connectivity index (χ4v) is 0.272. The van der Waals surface area contributed by atoms with Crippen molar-refractivity contribution >= 4 is 18.6 Å². The molecule has 1 atom stereocenters. The SMILES string of the molecule is CC(C)[C@@H](S)C(=O)[O-].[Na+]. The van der Waals surface area contributed by atoms with Gasteiger partial charge in [0, 0.05) is 5.25 Å². The van der Waals surface area contributed by atoms with Crippen LogP contribution in [-0.4, -0.2) is 11.2 Å². The predicted octanol–water partition coefficient (Wildman–Crippen LogP) is -3.31. The Balaban J connectivity index is 0. The quantitative estimate of drug-likeness (QED) is 0.336. The van der Waals surface area contributed by atoms with Gasteiger partial charge in [-0.15, -0.1) is 0 Å². The van der Waals surface area contributed by atoms with Gasteiger partial charge in [0.05, 0.1) is 5.97 Å². The minimum atomic E-state index is -1.09.